The summed E-state index contributed by atoms with van der Waals surface area (Å²) in [5.74, 6) is 1.10. The van der Waals surface area contributed by atoms with Crippen molar-refractivity contribution in [3.05, 3.63) is 0 Å². The summed E-state index contributed by atoms with van der Waals surface area (Å²) in [4.78, 5) is 25.6. The minimum Gasteiger partial charge on any atom is -0.481 e. The van der Waals surface area contributed by atoms with Gasteiger partial charge in [-0.05, 0) is 12.8 Å². The summed E-state index contributed by atoms with van der Waals surface area (Å²) < 4.78 is 0. The fourth-order valence-electron chi connectivity index (χ4n) is 1.80. The summed E-state index contributed by atoms with van der Waals surface area (Å²) in [6.07, 6.45) is 6.48. The lowest BCUT2D eigenvalue weighted by molar-refractivity contribution is -0.143. The number of carboxylic acids is 1. The molecule has 1 aliphatic rings. The van der Waals surface area contributed by atoms with Gasteiger partial charge in [-0.25, -0.2) is 4.79 Å². The Morgan fingerprint density at radius 3 is 2.88 bits per heavy atom. The third kappa shape index (κ3) is 2.89. The van der Waals surface area contributed by atoms with Gasteiger partial charge in [-0.2, -0.15) is 0 Å². The second-order valence-electron chi connectivity index (χ2n) is 3.97. The molecule has 0 aliphatic carbocycles. The predicted molar refractivity (Wildman–Crippen MR) is 58.8 cm³/mol. The molecule has 1 fully saturated rings. The highest BCUT2D eigenvalue weighted by molar-refractivity contribution is 5.76. The molecule has 0 saturated carbocycles. The molecular formula is C11H16N2O3. The Morgan fingerprint density at radius 2 is 2.31 bits per heavy atom. The van der Waals surface area contributed by atoms with Gasteiger partial charge in [0.05, 0.1) is 12.5 Å². The normalized spacial score (nSPS) is 20.0. The Labute approximate surface area is 95.0 Å². The van der Waals surface area contributed by atoms with Crippen LogP contribution in [0.25, 0.3) is 0 Å². The Morgan fingerprint density at radius 1 is 1.62 bits per heavy atom. The van der Waals surface area contributed by atoms with Crippen molar-refractivity contribution in [2.45, 2.75) is 12.8 Å². The number of likely N-dealkylation sites (tertiary alicyclic amines) is 1. The van der Waals surface area contributed by atoms with Gasteiger partial charge >= 0.3 is 12.0 Å². The molecule has 0 aromatic rings. The second kappa shape index (κ2) is 5.40. The van der Waals surface area contributed by atoms with E-state index in [4.69, 9.17) is 11.5 Å². The van der Waals surface area contributed by atoms with Crippen LogP contribution in [-0.4, -0.2) is 53.6 Å². The summed E-state index contributed by atoms with van der Waals surface area (Å²) in [5, 5.41) is 8.90. The van der Waals surface area contributed by atoms with Gasteiger partial charge in [-0.15, -0.1) is 6.42 Å². The molecule has 1 aliphatic heterocycles. The standard InChI is InChI=1S/C11H16N2O3/c1-3-6-12(2)11(16)13-7-4-5-9(8-13)10(14)15/h1,9H,4-8H2,2H3,(H,14,15)/t9-/m0/s1. The minimum atomic E-state index is -0.836. The molecule has 1 heterocycles. The topological polar surface area (TPSA) is 60.9 Å². The summed E-state index contributed by atoms with van der Waals surface area (Å²) in [6, 6.07) is -0.191. The number of rotatable bonds is 2. The highest BCUT2D eigenvalue weighted by atomic mass is 16.4. The van der Waals surface area contributed by atoms with Crippen molar-refractivity contribution in [1.82, 2.24) is 9.80 Å². The average Bonchev–Trinajstić information content (AvgIpc) is 2.28. The predicted octanol–water partition coefficient (Wildman–Crippen LogP) is 0.468. The number of aliphatic carboxylic acids is 1. The van der Waals surface area contributed by atoms with Gasteiger partial charge in [-0.1, -0.05) is 5.92 Å². The van der Waals surface area contributed by atoms with Gasteiger partial charge in [0.1, 0.15) is 0 Å². The van der Waals surface area contributed by atoms with Crippen LogP contribution in [0.5, 0.6) is 0 Å². The van der Waals surface area contributed by atoms with Gasteiger partial charge in [-0.3, -0.25) is 4.79 Å². The van der Waals surface area contributed by atoms with E-state index in [2.05, 4.69) is 5.92 Å². The minimum absolute atomic E-state index is 0.191. The van der Waals surface area contributed by atoms with E-state index in [9.17, 15) is 9.59 Å². The third-order valence-electron chi connectivity index (χ3n) is 2.70. The molecule has 5 heteroatoms. The molecule has 0 aromatic heterocycles. The second-order valence-corrected chi connectivity index (χ2v) is 3.97. The van der Waals surface area contributed by atoms with Crippen molar-refractivity contribution in [2.24, 2.45) is 5.92 Å². The Bertz CT molecular complexity index is 322. The fraction of sp³-hybridized carbons (Fsp3) is 0.636. The first kappa shape index (κ1) is 12.4. The zero-order chi connectivity index (χ0) is 12.1. The van der Waals surface area contributed by atoms with Gasteiger partial charge in [0, 0.05) is 20.1 Å². The van der Waals surface area contributed by atoms with Crippen molar-refractivity contribution in [1.29, 1.82) is 0 Å². The molecule has 0 unspecified atom stereocenters. The van der Waals surface area contributed by atoms with Crippen molar-refractivity contribution in [3.8, 4) is 12.3 Å². The van der Waals surface area contributed by atoms with Gasteiger partial charge < -0.3 is 14.9 Å². The summed E-state index contributed by atoms with van der Waals surface area (Å²) >= 11 is 0. The first-order valence-electron chi connectivity index (χ1n) is 5.22. The first-order valence-corrected chi connectivity index (χ1v) is 5.22. The van der Waals surface area contributed by atoms with E-state index in [1.54, 1.807) is 11.9 Å². The van der Waals surface area contributed by atoms with Crippen molar-refractivity contribution in [2.75, 3.05) is 26.7 Å². The highest BCUT2D eigenvalue weighted by Crippen LogP contribution is 2.17. The Balaban J connectivity index is 2.57. The van der Waals surface area contributed by atoms with Crippen molar-refractivity contribution < 1.29 is 14.7 Å². The number of hydrogen-bond donors (Lipinski definition) is 1. The van der Waals surface area contributed by atoms with Crippen molar-refractivity contribution in [3.63, 3.8) is 0 Å². The molecule has 2 amide bonds. The van der Waals surface area contributed by atoms with Crippen LogP contribution < -0.4 is 0 Å². The quantitative estimate of drug-likeness (QED) is 0.693. The molecule has 1 atom stereocenters. The van der Waals surface area contributed by atoms with E-state index in [0.29, 0.717) is 13.0 Å². The first-order chi connectivity index (χ1) is 7.56. The smallest absolute Gasteiger partial charge is 0.320 e. The van der Waals surface area contributed by atoms with E-state index in [1.165, 1.54) is 4.90 Å². The number of nitrogens with zero attached hydrogens (tertiary/aromatic N) is 2. The molecule has 16 heavy (non-hydrogen) atoms. The molecule has 88 valence electrons. The number of amides is 2. The fourth-order valence-corrected chi connectivity index (χ4v) is 1.80. The van der Waals surface area contributed by atoms with E-state index in [1.807, 2.05) is 0 Å². The zero-order valence-corrected chi connectivity index (χ0v) is 9.35. The maximum absolute atomic E-state index is 11.8. The highest BCUT2D eigenvalue weighted by Gasteiger charge is 2.29. The largest absolute Gasteiger partial charge is 0.481 e. The molecular weight excluding hydrogens is 208 g/mol. The lowest BCUT2D eigenvalue weighted by Gasteiger charge is -2.33. The maximum Gasteiger partial charge on any atom is 0.320 e. The van der Waals surface area contributed by atoms with Crippen LogP contribution in [0.15, 0.2) is 0 Å². The average molecular weight is 224 g/mol. The Hall–Kier alpha value is -1.70. The van der Waals surface area contributed by atoms with Crippen LogP contribution >= 0.6 is 0 Å². The van der Waals surface area contributed by atoms with E-state index in [-0.39, 0.29) is 19.1 Å². The monoisotopic (exact) mass is 224 g/mol. The Kier molecular flexibility index (Phi) is 4.18. The molecule has 1 N–H and O–H groups in total. The third-order valence-corrected chi connectivity index (χ3v) is 2.70. The molecule has 0 bridgehead atoms. The molecule has 1 rings (SSSR count). The lowest BCUT2D eigenvalue weighted by atomic mass is 9.99. The number of carboxylic acid groups (broad SMARTS) is 1. The number of carbonyl (C=O) groups is 2. The van der Waals surface area contributed by atoms with Crippen LogP contribution in [-0.2, 0) is 4.79 Å². The van der Waals surface area contributed by atoms with Crippen LogP contribution in [0, 0.1) is 18.3 Å². The number of carbonyl (C=O) groups excluding carboxylic acids is 1. The summed E-state index contributed by atoms with van der Waals surface area (Å²) in [7, 11) is 1.62. The summed E-state index contributed by atoms with van der Waals surface area (Å²) in [6.45, 7) is 1.13. The SMILES string of the molecule is C#CCN(C)C(=O)N1CCC[C@H](C(=O)O)C1. The molecule has 0 spiro atoms. The van der Waals surface area contributed by atoms with Crippen LogP contribution in [0.2, 0.25) is 0 Å². The van der Waals surface area contributed by atoms with Gasteiger partial charge in [0.2, 0.25) is 0 Å². The summed E-state index contributed by atoms with van der Waals surface area (Å²) in [5.41, 5.74) is 0. The van der Waals surface area contributed by atoms with E-state index in [0.717, 1.165) is 6.42 Å². The van der Waals surface area contributed by atoms with E-state index < -0.39 is 11.9 Å². The number of piperidine rings is 1. The molecule has 0 radical (unpaired) electrons. The molecule has 0 aromatic carbocycles. The van der Waals surface area contributed by atoms with Crippen molar-refractivity contribution >= 4 is 12.0 Å². The number of urea groups is 1. The van der Waals surface area contributed by atoms with Gasteiger partial charge in [0.15, 0.2) is 0 Å². The van der Waals surface area contributed by atoms with Gasteiger partial charge in [0.25, 0.3) is 0 Å². The lowest BCUT2D eigenvalue weighted by Crippen LogP contribution is -2.47. The van der Waals surface area contributed by atoms with Crippen LogP contribution in [0.3, 0.4) is 0 Å². The van der Waals surface area contributed by atoms with E-state index >= 15 is 0 Å². The number of hydrogen-bond acceptors (Lipinski definition) is 2. The maximum atomic E-state index is 11.8. The molecule has 5 nitrogen and oxygen atoms in total. The molecule has 1 saturated heterocycles. The van der Waals surface area contributed by atoms with Crippen LogP contribution in [0.1, 0.15) is 12.8 Å². The number of terminal acetylenes is 1. The zero-order valence-electron chi connectivity index (χ0n) is 9.35. The van der Waals surface area contributed by atoms with Crippen LogP contribution in [0.4, 0.5) is 4.79 Å².